The fraction of sp³-hybridized carbons (Fsp3) is 0.526. The first-order chi connectivity index (χ1) is 13.0. The molecule has 1 aromatic carbocycles. The van der Waals surface area contributed by atoms with Crippen molar-refractivity contribution in [1.82, 2.24) is 25.5 Å². The van der Waals surface area contributed by atoms with E-state index in [1.807, 2.05) is 39.0 Å². The second-order valence-corrected chi connectivity index (χ2v) is 8.40. The van der Waals surface area contributed by atoms with Crippen LogP contribution in [0.5, 0.6) is 0 Å². The highest BCUT2D eigenvalue weighted by molar-refractivity contribution is 8.00. The molecule has 27 heavy (non-hydrogen) atoms. The van der Waals surface area contributed by atoms with Crippen LogP contribution in [0.3, 0.4) is 0 Å². The topological polar surface area (TPSA) is 96.5 Å². The number of hydrogen-bond acceptors (Lipinski definition) is 6. The van der Waals surface area contributed by atoms with Crippen molar-refractivity contribution >= 4 is 17.7 Å². The van der Waals surface area contributed by atoms with Gasteiger partial charge in [-0.15, -0.1) is 5.10 Å². The van der Waals surface area contributed by atoms with E-state index in [0.29, 0.717) is 18.0 Å². The summed E-state index contributed by atoms with van der Waals surface area (Å²) >= 11 is 1.30. The molecule has 2 aromatic rings. The molecular weight excluding hydrogens is 360 g/mol. The predicted octanol–water partition coefficient (Wildman–Crippen LogP) is 3.10. The Morgan fingerprint density at radius 2 is 2.07 bits per heavy atom. The molecule has 1 aromatic heterocycles. The van der Waals surface area contributed by atoms with Crippen molar-refractivity contribution in [2.75, 3.05) is 0 Å². The van der Waals surface area contributed by atoms with Gasteiger partial charge in [-0.1, -0.05) is 43.2 Å². The molecule has 7 nitrogen and oxygen atoms in total. The maximum Gasteiger partial charge on any atom is 0.234 e. The van der Waals surface area contributed by atoms with E-state index in [4.69, 9.17) is 0 Å². The van der Waals surface area contributed by atoms with Gasteiger partial charge in [-0.25, -0.2) is 0 Å². The Hall–Kier alpha value is -2.40. The third kappa shape index (κ3) is 4.14. The average molecular weight is 385 g/mol. The number of nitrogens with one attached hydrogen (secondary N) is 1. The van der Waals surface area contributed by atoms with Crippen molar-refractivity contribution in [2.45, 2.75) is 68.8 Å². The van der Waals surface area contributed by atoms with E-state index >= 15 is 0 Å². The second kappa shape index (κ2) is 8.09. The molecule has 1 atom stereocenters. The molecule has 1 amide bonds. The lowest BCUT2D eigenvalue weighted by Gasteiger charge is -2.32. The molecule has 0 radical (unpaired) electrons. The number of tetrazole rings is 1. The van der Waals surface area contributed by atoms with Gasteiger partial charge in [0.05, 0.1) is 17.0 Å². The lowest BCUT2D eigenvalue weighted by Crippen LogP contribution is -2.51. The first kappa shape index (κ1) is 19.4. The number of thioether (sulfide) groups is 1. The van der Waals surface area contributed by atoms with Crippen molar-refractivity contribution < 1.29 is 4.79 Å². The maximum absolute atomic E-state index is 12.7. The van der Waals surface area contributed by atoms with E-state index in [1.165, 1.54) is 11.8 Å². The lowest BCUT2D eigenvalue weighted by molar-refractivity contribution is -0.121. The summed E-state index contributed by atoms with van der Waals surface area (Å²) in [5.74, 6) is -0.154. The maximum atomic E-state index is 12.7. The summed E-state index contributed by atoms with van der Waals surface area (Å²) in [5, 5.41) is 24.7. The summed E-state index contributed by atoms with van der Waals surface area (Å²) in [6, 6.07) is 8.29. The Morgan fingerprint density at radius 3 is 2.78 bits per heavy atom. The number of aromatic nitrogens is 4. The Morgan fingerprint density at radius 1 is 1.33 bits per heavy atom. The zero-order chi connectivity index (χ0) is 19.4. The number of hydrogen-bond donors (Lipinski definition) is 1. The van der Waals surface area contributed by atoms with Crippen LogP contribution in [-0.4, -0.2) is 36.9 Å². The number of aryl methyl sites for hydroxylation is 1. The monoisotopic (exact) mass is 384 g/mol. The molecule has 1 N–H and O–H groups in total. The molecule has 3 rings (SSSR count). The standard InChI is InChI=1S/C19H24N6OS/c1-13-8-7-9-16(14(13)2)25-18(22-23-24-25)27-15(3)17(26)21-19(12-20)10-5-4-6-11-19/h7-9,15H,4-6,10-11H2,1-3H3,(H,21,26). The van der Waals surface area contributed by atoms with Crippen LogP contribution in [0.25, 0.3) is 5.69 Å². The lowest BCUT2D eigenvalue weighted by atomic mass is 9.83. The highest BCUT2D eigenvalue weighted by Gasteiger charge is 2.35. The number of rotatable bonds is 5. The Labute approximate surface area is 163 Å². The van der Waals surface area contributed by atoms with Gasteiger partial charge >= 0.3 is 0 Å². The molecule has 1 unspecified atom stereocenters. The summed E-state index contributed by atoms with van der Waals surface area (Å²) in [4.78, 5) is 12.7. The average Bonchev–Trinajstić information content (AvgIpc) is 3.12. The second-order valence-electron chi connectivity index (χ2n) is 7.10. The molecule has 0 aliphatic heterocycles. The summed E-state index contributed by atoms with van der Waals surface area (Å²) < 4.78 is 1.66. The molecule has 0 saturated heterocycles. The van der Waals surface area contributed by atoms with Gasteiger partial charge in [0.25, 0.3) is 0 Å². The van der Waals surface area contributed by atoms with Gasteiger partial charge in [0.1, 0.15) is 5.54 Å². The Bertz CT molecular complexity index is 865. The van der Waals surface area contributed by atoms with Crippen molar-refractivity contribution in [3.05, 3.63) is 29.3 Å². The van der Waals surface area contributed by atoms with Crippen LogP contribution < -0.4 is 5.32 Å². The SMILES string of the molecule is Cc1cccc(-n2nnnc2SC(C)C(=O)NC2(C#N)CCCCC2)c1C. The van der Waals surface area contributed by atoms with Gasteiger partial charge in [0, 0.05) is 0 Å². The minimum Gasteiger partial charge on any atom is -0.337 e. The summed E-state index contributed by atoms with van der Waals surface area (Å²) in [7, 11) is 0. The van der Waals surface area contributed by atoms with E-state index in [2.05, 4.69) is 26.9 Å². The van der Waals surface area contributed by atoms with Gasteiger partial charge in [-0.05, 0) is 61.2 Å². The smallest absolute Gasteiger partial charge is 0.234 e. The van der Waals surface area contributed by atoms with Gasteiger partial charge in [0.15, 0.2) is 0 Å². The number of nitriles is 1. The minimum atomic E-state index is -0.733. The number of carbonyl (C=O) groups is 1. The number of carbonyl (C=O) groups excluding carboxylic acids is 1. The Kier molecular flexibility index (Phi) is 5.80. The minimum absolute atomic E-state index is 0.154. The normalized spacial score (nSPS) is 17.1. The quantitative estimate of drug-likeness (QED) is 0.796. The van der Waals surface area contributed by atoms with Crippen LogP contribution in [0.4, 0.5) is 0 Å². The molecule has 1 saturated carbocycles. The van der Waals surface area contributed by atoms with Crippen molar-refractivity contribution in [3.63, 3.8) is 0 Å². The van der Waals surface area contributed by atoms with E-state index in [-0.39, 0.29) is 5.91 Å². The summed E-state index contributed by atoms with van der Waals surface area (Å²) in [6.07, 6.45) is 4.49. The molecule has 1 aliphatic rings. The summed E-state index contributed by atoms with van der Waals surface area (Å²) in [5.41, 5.74) is 2.41. The van der Waals surface area contributed by atoms with Gasteiger partial charge in [0.2, 0.25) is 11.1 Å². The molecule has 1 fully saturated rings. The van der Waals surface area contributed by atoms with Crippen molar-refractivity contribution in [2.24, 2.45) is 0 Å². The van der Waals surface area contributed by atoms with E-state index in [1.54, 1.807) is 4.68 Å². The molecule has 1 heterocycles. The number of amides is 1. The van der Waals surface area contributed by atoms with Crippen LogP contribution in [0.15, 0.2) is 23.4 Å². The molecule has 0 spiro atoms. The van der Waals surface area contributed by atoms with E-state index in [0.717, 1.165) is 36.1 Å². The molecule has 8 heteroatoms. The van der Waals surface area contributed by atoms with Gasteiger partial charge < -0.3 is 5.32 Å². The zero-order valence-corrected chi connectivity index (χ0v) is 16.7. The largest absolute Gasteiger partial charge is 0.337 e. The van der Waals surface area contributed by atoms with Crippen LogP contribution in [0.1, 0.15) is 50.2 Å². The van der Waals surface area contributed by atoms with Crippen molar-refractivity contribution in [3.8, 4) is 11.8 Å². The van der Waals surface area contributed by atoms with Gasteiger partial charge in [-0.2, -0.15) is 9.94 Å². The third-order valence-electron chi connectivity index (χ3n) is 5.18. The zero-order valence-electron chi connectivity index (χ0n) is 15.9. The molecule has 142 valence electrons. The van der Waals surface area contributed by atoms with Gasteiger partial charge in [-0.3, -0.25) is 4.79 Å². The number of benzene rings is 1. The van der Waals surface area contributed by atoms with Crippen LogP contribution in [0, 0.1) is 25.2 Å². The number of nitrogens with zero attached hydrogens (tertiary/aromatic N) is 5. The summed E-state index contributed by atoms with van der Waals surface area (Å²) in [6.45, 7) is 5.88. The molecule has 0 bridgehead atoms. The van der Waals surface area contributed by atoms with E-state index in [9.17, 15) is 10.1 Å². The predicted molar refractivity (Wildman–Crippen MR) is 104 cm³/mol. The highest BCUT2D eigenvalue weighted by Crippen LogP contribution is 2.29. The molecule has 1 aliphatic carbocycles. The first-order valence-corrected chi connectivity index (χ1v) is 10.1. The molecular formula is C19H24N6OS. The third-order valence-corrected chi connectivity index (χ3v) is 6.21. The van der Waals surface area contributed by atoms with Crippen LogP contribution >= 0.6 is 11.8 Å². The highest BCUT2D eigenvalue weighted by atomic mass is 32.2. The fourth-order valence-electron chi connectivity index (χ4n) is 3.34. The van der Waals surface area contributed by atoms with E-state index < -0.39 is 10.8 Å². The Balaban J connectivity index is 1.74. The van der Waals surface area contributed by atoms with Crippen LogP contribution in [0.2, 0.25) is 0 Å². The van der Waals surface area contributed by atoms with Crippen molar-refractivity contribution in [1.29, 1.82) is 5.26 Å². The van der Waals surface area contributed by atoms with Crippen LogP contribution in [-0.2, 0) is 4.79 Å². The fourth-order valence-corrected chi connectivity index (χ4v) is 4.14. The first-order valence-electron chi connectivity index (χ1n) is 9.21.